The fourth-order valence-corrected chi connectivity index (χ4v) is 4.63. The van der Waals surface area contributed by atoms with Gasteiger partial charge in [-0.3, -0.25) is 14.5 Å². The molecule has 1 aromatic heterocycles. The van der Waals surface area contributed by atoms with Crippen molar-refractivity contribution >= 4 is 24.0 Å². The molecule has 9 nitrogen and oxygen atoms in total. The Morgan fingerprint density at radius 2 is 1.92 bits per heavy atom. The average Bonchev–Trinajstić information content (AvgIpc) is 2.94. The lowest BCUT2D eigenvalue weighted by Gasteiger charge is -2.38. The summed E-state index contributed by atoms with van der Waals surface area (Å²) >= 11 is 0. The van der Waals surface area contributed by atoms with Gasteiger partial charge in [-0.2, -0.15) is 0 Å². The lowest BCUT2D eigenvalue weighted by molar-refractivity contribution is -0.133. The maximum atomic E-state index is 13.6. The molecule has 0 saturated carbocycles. The second-order valence-electron chi connectivity index (χ2n) is 10.2. The third-order valence-corrected chi connectivity index (χ3v) is 7.15. The third kappa shape index (κ3) is 6.98. The summed E-state index contributed by atoms with van der Waals surface area (Å²) in [7, 11) is 1.78. The Morgan fingerprint density at radius 1 is 1.21 bits per heavy atom. The maximum Gasteiger partial charge on any atom is 0.259 e. The van der Waals surface area contributed by atoms with E-state index in [1.54, 1.807) is 29.1 Å². The van der Waals surface area contributed by atoms with Crippen molar-refractivity contribution in [2.45, 2.75) is 26.0 Å². The number of pyridine rings is 1. The number of hydrogen-bond donors (Lipinski definition) is 1. The zero-order chi connectivity index (χ0) is 27.1. The van der Waals surface area contributed by atoms with Crippen LogP contribution >= 0.6 is 0 Å². The first kappa shape index (κ1) is 27.8. The highest BCUT2D eigenvalue weighted by Gasteiger charge is 2.34. The summed E-state index contributed by atoms with van der Waals surface area (Å²) < 4.78 is 11.7. The standard InChI is InChI=1S/C29H38N4O5/c1-21-17-33(22(2)20-34)29(36)25-15-24(10-9-23-7-5-4-6-8-23)16-30-28(25)38-26(21)18-31(3)27(35)19-32-11-13-37-14-12-32/h4-10,15-16,21-22,26,34H,11-14,17-20H2,1-3H3/t21-,22+,26+/m1/s1. The Morgan fingerprint density at radius 3 is 2.63 bits per heavy atom. The Balaban J connectivity index is 1.56. The Hall–Kier alpha value is -3.27. The van der Waals surface area contributed by atoms with Gasteiger partial charge in [0.2, 0.25) is 11.8 Å². The number of nitrogens with zero attached hydrogens (tertiary/aromatic N) is 4. The van der Waals surface area contributed by atoms with Crippen LogP contribution in [0, 0.1) is 5.92 Å². The van der Waals surface area contributed by atoms with Gasteiger partial charge in [-0.1, -0.05) is 49.4 Å². The summed E-state index contributed by atoms with van der Waals surface area (Å²) in [6.07, 6.45) is 5.17. The van der Waals surface area contributed by atoms with Gasteiger partial charge >= 0.3 is 0 Å². The maximum absolute atomic E-state index is 13.6. The lowest BCUT2D eigenvalue weighted by Crippen LogP contribution is -2.51. The number of ether oxygens (including phenoxy) is 2. The molecule has 1 saturated heterocycles. The van der Waals surface area contributed by atoms with Crippen LogP contribution in [0.15, 0.2) is 42.6 Å². The van der Waals surface area contributed by atoms with Crippen LogP contribution < -0.4 is 4.74 Å². The molecule has 0 unspecified atom stereocenters. The van der Waals surface area contributed by atoms with E-state index in [9.17, 15) is 14.7 Å². The summed E-state index contributed by atoms with van der Waals surface area (Å²) in [6.45, 7) is 7.50. The molecule has 0 radical (unpaired) electrons. The van der Waals surface area contributed by atoms with Crippen LogP contribution in [0.3, 0.4) is 0 Å². The highest BCUT2D eigenvalue weighted by molar-refractivity contribution is 5.97. The van der Waals surface area contributed by atoms with Gasteiger partial charge in [0, 0.05) is 38.8 Å². The van der Waals surface area contributed by atoms with E-state index in [1.165, 1.54) is 0 Å². The molecule has 1 aromatic carbocycles. The van der Waals surface area contributed by atoms with E-state index < -0.39 is 0 Å². The fourth-order valence-electron chi connectivity index (χ4n) is 4.63. The Bertz CT molecular complexity index is 1120. The normalized spacial score (nSPS) is 21.4. The van der Waals surface area contributed by atoms with Crippen LogP contribution in [0.5, 0.6) is 5.88 Å². The lowest BCUT2D eigenvalue weighted by atomic mass is 9.99. The van der Waals surface area contributed by atoms with Gasteiger partial charge in [-0.25, -0.2) is 4.98 Å². The van der Waals surface area contributed by atoms with Gasteiger partial charge in [0.1, 0.15) is 11.7 Å². The molecule has 2 aliphatic heterocycles. The zero-order valence-corrected chi connectivity index (χ0v) is 22.5. The molecule has 204 valence electrons. The number of benzene rings is 1. The first-order chi connectivity index (χ1) is 18.4. The van der Waals surface area contributed by atoms with Crippen LogP contribution in [0.4, 0.5) is 0 Å². The molecule has 1 N–H and O–H groups in total. The molecule has 4 rings (SSSR count). The minimum atomic E-state index is -0.382. The van der Waals surface area contributed by atoms with Gasteiger partial charge in [-0.05, 0) is 24.1 Å². The van der Waals surface area contributed by atoms with E-state index in [0.717, 1.165) is 24.2 Å². The van der Waals surface area contributed by atoms with Crippen molar-refractivity contribution in [3.63, 3.8) is 0 Å². The van der Waals surface area contributed by atoms with Crippen LogP contribution in [-0.4, -0.2) is 108 Å². The molecule has 2 aromatic rings. The van der Waals surface area contributed by atoms with Gasteiger partial charge in [0.25, 0.3) is 5.91 Å². The first-order valence-corrected chi connectivity index (χ1v) is 13.2. The monoisotopic (exact) mass is 522 g/mol. The highest BCUT2D eigenvalue weighted by atomic mass is 16.5. The molecular formula is C29H38N4O5. The number of amides is 2. The molecule has 2 aliphatic rings. The molecule has 0 bridgehead atoms. The molecule has 1 fully saturated rings. The van der Waals surface area contributed by atoms with E-state index in [0.29, 0.717) is 38.4 Å². The van der Waals surface area contributed by atoms with E-state index in [4.69, 9.17) is 9.47 Å². The van der Waals surface area contributed by atoms with Gasteiger partial charge in [0.15, 0.2) is 0 Å². The minimum Gasteiger partial charge on any atom is -0.472 e. The number of aliphatic hydroxyl groups is 1. The molecule has 38 heavy (non-hydrogen) atoms. The number of fused-ring (bicyclic) bond motifs is 1. The van der Waals surface area contributed by atoms with Crippen molar-refractivity contribution in [1.82, 2.24) is 19.7 Å². The summed E-state index contributed by atoms with van der Waals surface area (Å²) in [5, 5.41) is 9.89. The Kier molecular flexibility index (Phi) is 9.49. The number of aromatic nitrogens is 1. The fraction of sp³-hybridized carbons (Fsp3) is 0.483. The third-order valence-electron chi connectivity index (χ3n) is 7.15. The zero-order valence-electron chi connectivity index (χ0n) is 22.5. The van der Waals surface area contributed by atoms with E-state index in [-0.39, 0.29) is 42.4 Å². The molecular weight excluding hydrogens is 484 g/mol. The van der Waals surface area contributed by atoms with Crippen LogP contribution in [0.25, 0.3) is 12.2 Å². The van der Waals surface area contributed by atoms with Crippen molar-refractivity contribution in [2.75, 3.05) is 59.6 Å². The van der Waals surface area contributed by atoms with Gasteiger partial charge in [-0.15, -0.1) is 0 Å². The van der Waals surface area contributed by atoms with E-state index >= 15 is 0 Å². The van der Waals surface area contributed by atoms with Crippen LogP contribution in [0.2, 0.25) is 0 Å². The number of carbonyl (C=O) groups is 2. The first-order valence-electron chi connectivity index (χ1n) is 13.2. The quantitative estimate of drug-likeness (QED) is 0.568. The number of carbonyl (C=O) groups excluding carboxylic acids is 2. The summed E-state index contributed by atoms with van der Waals surface area (Å²) in [4.78, 5) is 36.6. The van der Waals surface area contributed by atoms with Crippen molar-refractivity contribution in [2.24, 2.45) is 5.92 Å². The minimum absolute atomic E-state index is 0.0102. The van der Waals surface area contributed by atoms with E-state index in [1.807, 2.05) is 56.3 Å². The Labute approximate surface area is 224 Å². The van der Waals surface area contributed by atoms with Crippen molar-refractivity contribution in [1.29, 1.82) is 0 Å². The molecule has 3 atom stereocenters. The number of likely N-dealkylation sites (N-methyl/N-ethyl adjacent to an activating group) is 1. The summed E-state index contributed by atoms with van der Waals surface area (Å²) in [6, 6.07) is 11.3. The van der Waals surface area contributed by atoms with Crippen LogP contribution in [-0.2, 0) is 9.53 Å². The SMILES string of the molecule is C[C@@H]1CN([C@@H](C)CO)C(=O)c2cc(C=Cc3ccccc3)cnc2O[C@H]1CN(C)C(=O)CN1CCOCC1. The largest absolute Gasteiger partial charge is 0.472 e. The van der Waals surface area contributed by atoms with E-state index in [2.05, 4.69) is 9.88 Å². The predicted octanol–water partition coefficient (Wildman–Crippen LogP) is 2.26. The molecule has 3 heterocycles. The van der Waals surface area contributed by atoms with Gasteiger partial charge < -0.3 is 24.4 Å². The molecule has 0 spiro atoms. The summed E-state index contributed by atoms with van der Waals surface area (Å²) in [5.74, 6) is -0.0752. The van der Waals surface area contributed by atoms with Gasteiger partial charge in [0.05, 0.1) is 39.0 Å². The highest BCUT2D eigenvalue weighted by Crippen LogP contribution is 2.28. The number of hydrogen-bond acceptors (Lipinski definition) is 7. The second-order valence-corrected chi connectivity index (χ2v) is 10.2. The number of rotatable bonds is 8. The topological polar surface area (TPSA) is 95.4 Å². The van der Waals surface area contributed by atoms with Crippen molar-refractivity contribution < 1.29 is 24.2 Å². The molecule has 0 aliphatic carbocycles. The molecule has 9 heteroatoms. The predicted molar refractivity (Wildman–Crippen MR) is 146 cm³/mol. The van der Waals surface area contributed by atoms with Crippen molar-refractivity contribution in [3.05, 3.63) is 59.3 Å². The smallest absolute Gasteiger partial charge is 0.259 e. The average molecular weight is 523 g/mol. The molecule has 2 amide bonds. The summed E-state index contributed by atoms with van der Waals surface area (Å²) in [5.41, 5.74) is 2.15. The second kappa shape index (κ2) is 13.0. The van der Waals surface area contributed by atoms with Crippen LogP contribution in [0.1, 0.15) is 35.3 Å². The van der Waals surface area contributed by atoms with Crippen molar-refractivity contribution in [3.8, 4) is 5.88 Å². The number of morpholine rings is 1. The number of aliphatic hydroxyl groups excluding tert-OH is 1.